The van der Waals surface area contributed by atoms with Gasteiger partial charge in [-0.3, -0.25) is 14.5 Å². The van der Waals surface area contributed by atoms with Gasteiger partial charge in [0.25, 0.3) is 5.91 Å². The maximum Gasteiger partial charge on any atom is 0.325 e. The van der Waals surface area contributed by atoms with Gasteiger partial charge in [0.05, 0.1) is 0 Å². The lowest BCUT2D eigenvalue weighted by molar-refractivity contribution is -0.136. The molecule has 2 saturated carbocycles. The lowest BCUT2D eigenvalue weighted by Gasteiger charge is -2.42. The molecule has 166 valence electrons. The predicted octanol–water partition coefficient (Wildman–Crippen LogP) is 2.57. The fourth-order valence-corrected chi connectivity index (χ4v) is 5.24. The predicted molar refractivity (Wildman–Crippen MR) is 115 cm³/mol. The van der Waals surface area contributed by atoms with Crippen LogP contribution in [0.3, 0.4) is 0 Å². The molecule has 1 saturated heterocycles. The highest BCUT2D eigenvalue weighted by atomic mass is 35.5. The zero-order valence-electron chi connectivity index (χ0n) is 18.0. The van der Waals surface area contributed by atoms with E-state index in [1.165, 1.54) is 0 Å². The second-order valence-corrected chi connectivity index (χ2v) is 9.62. The Morgan fingerprint density at radius 2 is 1.90 bits per heavy atom. The van der Waals surface area contributed by atoms with Crippen molar-refractivity contribution < 1.29 is 14.4 Å². The highest BCUT2D eigenvalue weighted by Gasteiger charge is 2.53. The molecule has 2 atom stereocenters. The van der Waals surface area contributed by atoms with E-state index in [1.807, 2.05) is 0 Å². The van der Waals surface area contributed by atoms with Crippen LogP contribution in [0, 0.1) is 17.3 Å². The Balaban J connectivity index is 0.00000300. The van der Waals surface area contributed by atoms with Crippen molar-refractivity contribution in [3.05, 3.63) is 0 Å². The van der Waals surface area contributed by atoms with Crippen LogP contribution in [0.2, 0.25) is 0 Å². The molecule has 7 nitrogen and oxygen atoms in total. The topological polar surface area (TPSA) is 105 Å². The molecule has 2 aliphatic carbocycles. The van der Waals surface area contributed by atoms with Gasteiger partial charge in [0.1, 0.15) is 12.1 Å². The smallest absolute Gasteiger partial charge is 0.325 e. The van der Waals surface area contributed by atoms with Crippen LogP contribution >= 0.6 is 12.4 Å². The molecule has 0 aromatic rings. The molecule has 4 amide bonds. The summed E-state index contributed by atoms with van der Waals surface area (Å²) in [5.74, 6) is 0.338. The number of nitrogens with one attached hydrogen (secondary N) is 2. The minimum Gasteiger partial charge on any atom is -0.351 e. The summed E-state index contributed by atoms with van der Waals surface area (Å²) in [7, 11) is 0. The van der Waals surface area contributed by atoms with Crippen molar-refractivity contribution in [2.24, 2.45) is 23.0 Å². The zero-order valence-corrected chi connectivity index (χ0v) is 18.8. The monoisotopic (exact) mass is 428 g/mol. The van der Waals surface area contributed by atoms with Crippen LogP contribution in [-0.4, -0.2) is 47.4 Å². The molecule has 1 aliphatic heterocycles. The summed E-state index contributed by atoms with van der Waals surface area (Å²) in [6.07, 6.45) is 7.23. The van der Waals surface area contributed by atoms with Crippen molar-refractivity contribution in [3.63, 3.8) is 0 Å². The van der Waals surface area contributed by atoms with Crippen LogP contribution in [0.5, 0.6) is 0 Å². The summed E-state index contributed by atoms with van der Waals surface area (Å²) in [6, 6.07) is -0.380. The number of nitrogens with zero attached hydrogens (tertiary/aromatic N) is 1. The van der Waals surface area contributed by atoms with Gasteiger partial charge in [0.2, 0.25) is 5.91 Å². The van der Waals surface area contributed by atoms with Crippen LogP contribution in [0.25, 0.3) is 0 Å². The Hall–Kier alpha value is -1.34. The largest absolute Gasteiger partial charge is 0.351 e. The molecule has 1 spiro atoms. The van der Waals surface area contributed by atoms with Crippen molar-refractivity contribution in [2.45, 2.75) is 83.7 Å². The number of imide groups is 1. The van der Waals surface area contributed by atoms with Crippen LogP contribution in [0.15, 0.2) is 0 Å². The molecule has 29 heavy (non-hydrogen) atoms. The number of carbonyl (C=O) groups excluding carboxylic acids is 3. The van der Waals surface area contributed by atoms with E-state index in [9.17, 15) is 14.4 Å². The Morgan fingerprint density at radius 3 is 2.48 bits per heavy atom. The fourth-order valence-electron chi connectivity index (χ4n) is 5.24. The van der Waals surface area contributed by atoms with Crippen molar-refractivity contribution in [3.8, 4) is 0 Å². The number of rotatable bonds is 6. The molecule has 0 aromatic heterocycles. The Bertz CT molecular complexity index is 631. The number of nitrogens with two attached hydrogens (primary N) is 1. The van der Waals surface area contributed by atoms with E-state index >= 15 is 0 Å². The minimum atomic E-state index is -0.815. The van der Waals surface area contributed by atoms with Crippen LogP contribution in [0.1, 0.15) is 72.1 Å². The number of halogens is 1. The summed E-state index contributed by atoms with van der Waals surface area (Å²) < 4.78 is 0. The van der Waals surface area contributed by atoms with E-state index in [0.717, 1.165) is 43.4 Å². The van der Waals surface area contributed by atoms with Crippen LogP contribution in [0.4, 0.5) is 4.79 Å². The standard InChI is InChI=1S/C21H36N4O3.ClH/c1-4-20(2,3)15-8-10-21(11-9-15)18(27)25(19(28)24-21)13-17(26)23-16-7-5-6-14(16)12-22;/h14-16H,4-13,22H2,1-3H3,(H,23,26)(H,24,28);1H. The summed E-state index contributed by atoms with van der Waals surface area (Å²) in [5.41, 5.74) is 5.20. The van der Waals surface area contributed by atoms with Gasteiger partial charge in [-0.15, -0.1) is 12.4 Å². The number of urea groups is 1. The van der Waals surface area contributed by atoms with E-state index < -0.39 is 11.6 Å². The second-order valence-electron chi connectivity index (χ2n) is 9.62. The molecule has 2 unspecified atom stereocenters. The fraction of sp³-hybridized carbons (Fsp3) is 0.857. The number of amides is 4. The first-order valence-electron chi connectivity index (χ1n) is 10.9. The second kappa shape index (κ2) is 9.21. The third-order valence-corrected chi connectivity index (χ3v) is 7.71. The van der Waals surface area contributed by atoms with Crippen LogP contribution < -0.4 is 16.4 Å². The van der Waals surface area contributed by atoms with Gasteiger partial charge in [0, 0.05) is 6.04 Å². The van der Waals surface area contributed by atoms with Gasteiger partial charge in [-0.1, -0.05) is 33.6 Å². The summed E-state index contributed by atoms with van der Waals surface area (Å²) >= 11 is 0. The van der Waals surface area contributed by atoms with Crippen molar-refractivity contribution >= 4 is 30.3 Å². The Morgan fingerprint density at radius 1 is 1.24 bits per heavy atom. The van der Waals surface area contributed by atoms with E-state index in [2.05, 4.69) is 31.4 Å². The van der Waals surface area contributed by atoms with Gasteiger partial charge in [-0.2, -0.15) is 0 Å². The number of carbonyl (C=O) groups is 3. The molecule has 0 radical (unpaired) electrons. The van der Waals surface area contributed by atoms with Gasteiger partial charge < -0.3 is 16.4 Å². The van der Waals surface area contributed by atoms with Gasteiger partial charge >= 0.3 is 6.03 Å². The SMILES string of the molecule is CCC(C)(C)C1CCC2(CC1)NC(=O)N(CC(=O)NC1CCCC1CN)C2=O.Cl. The zero-order chi connectivity index (χ0) is 20.5. The average Bonchev–Trinajstić information content (AvgIpc) is 3.20. The lowest BCUT2D eigenvalue weighted by Crippen LogP contribution is -2.51. The first-order chi connectivity index (χ1) is 13.2. The van der Waals surface area contributed by atoms with E-state index in [4.69, 9.17) is 5.73 Å². The molecule has 1 heterocycles. The first-order valence-corrected chi connectivity index (χ1v) is 10.9. The lowest BCUT2D eigenvalue weighted by atomic mass is 9.65. The summed E-state index contributed by atoms with van der Waals surface area (Å²) in [6.45, 7) is 7.10. The van der Waals surface area contributed by atoms with Gasteiger partial charge in [-0.05, 0) is 62.3 Å². The van der Waals surface area contributed by atoms with E-state index in [-0.39, 0.29) is 48.1 Å². The molecular weight excluding hydrogens is 392 g/mol. The van der Waals surface area contributed by atoms with E-state index in [1.54, 1.807) is 0 Å². The normalized spacial score (nSPS) is 32.3. The molecule has 3 rings (SSSR count). The van der Waals surface area contributed by atoms with Crippen molar-refractivity contribution in [1.29, 1.82) is 0 Å². The highest BCUT2D eigenvalue weighted by Crippen LogP contribution is 2.45. The molecule has 8 heteroatoms. The molecule has 0 bridgehead atoms. The quantitative estimate of drug-likeness (QED) is 0.565. The highest BCUT2D eigenvalue weighted by molar-refractivity contribution is 6.09. The number of hydrogen-bond acceptors (Lipinski definition) is 4. The van der Waals surface area contributed by atoms with Gasteiger partial charge in [0.15, 0.2) is 0 Å². The third-order valence-electron chi connectivity index (χ3n) is 7.71. The number of hydrogen-bond donors (Lipinski definition) is 3. The minimum absolute atomic E-state index is 0. The molecule has 0 aromatic carbocycles. The van der Waals surface area contributed by atoms with Crippen molar-refractivity contribution in [1.82, 2.24) is 15.5 Å². The molecule has 3 aliphatic rings. The van der Waals surface area contributed by atoms with Gasteiger partial charge in [-0.25, -0.2) is 4.79 Å². The van der Waals surface area contributed by atoms with Crippen LogP contribution in [-0.2, 0) is 9.59 Å². The maximum absolute atomic E-state index is 13.1. The van der Waals surface area contributed by atoms with Crippen molar-refractivity contribution in [2.75, 3.05) is 13.1 Å². The maximum atomic E-state index is 13.1. The Kier molecular flexibility index (Phi) is 7.60. The molecule has 4 N–H and O–H groups in total. The third kappa shape index (κ3) is 4.71. The summed E-state index contributed by atoms with van der Waals surface area (Å²) in [4.78, 5) is 39.1. The first kappa shape index (κ1) is 23.9. The summed E-state index contributed by atoms with van der Waals surface area (Å²) in [5, 5.41) is 5.90. The molecule has 3 fully saturated rings. The Labute approximate surface area is 180 Å². The van der Waals surface area contributed by atoms with E-state index in [0.29, 0.717) is 25.3 Å². The average molecular weight is 429 g/mol. The molecular formula is C21H37ClN4O3.